The smallest absolute Gasteiger partial charge is 0.367 e. The topological polar surface area (TPSA) is 48.9 Å². The first-order chi connectivity index (χ1) is 14.0. The molecule has 1 aromatic carbocycles. The number of benzene rings is 1. The maximum Gasteiger partial charge on any atom is 0.411 e. The first-order valence-electron chi connectivity index (χ1n) is 9.60. The van der Waals surface area contributed by atoms with Crippen LogP contribution in [0, 0.1) is 0 Å². The predicted molar refractivity (Wildman–Crippen MR) is 116 cm³/mol. The van der Waals surface area contributed by atoms with Crippen LogP contribution in [0.3, 0.4) is 0 Å². The summed E-state index contributed by atoms with van der Waals surface area (Å²) >= 11 is 0. The van der Waals surface area contributed by atoms with Crippen molar-refractivity contribution in [2.45, 2.75) is 44.9 Å². The van der Waals surface area contributed by atoms with E-state index >= 15 is 0 Å². The van der Waals surface area contributed by atoms with Crippen molar-refractivity contribution in [3.05, 3.63) is 35.4 Å². The molecule has 1 unspecified atom stereocenters. The summed E-state index contributed by atoms with van der Waals surface area (Å²) in [5.74, 6) is 0.508. The summed E-state index contributed by atoms with van der Waals surface area (Å²) in [6.45, 7) is 1.11. The SMILES string of the molecule is CCNC(=NCc1ccc(COCC(F)(F)F)cc1)NC1CCN(CC(F)(F)F)C1.I. The molecular formula is C19H27F6IN4O. The molecule has 2 N–H and O–H groups in total. The number of nitrogens with one attached hydrogen (secondary N) is 2. The van der Waals surface area contributed by atoms with E-state index in [4.69, 9.17) is 0 Å². The Balaban J connectivity index is 0.00000480. The second-order valence-electron chi connectivity index (χ2n) is 7.10. The maximum absolute atomic E-state index is 12.5. The van der Waals surface area contributed by atoms with E-state index in [1.807, 2.05) is 6.92 Å². The summed E-state index contributed by atoms with van der Waals surface area (Å²) in [5.41, 5.74) is 1.46. The number of guanidine groups is 1. The zero-order chi connectivity index (χ0) is 22.2. The molecule has 31 heavy (non-hydrogen) atoms. The van der Waals surface area contributed by atoms with E-state index in [9.17, 15) is 26.3 Å². The molecule has 1 aliphatic rings. The van der Waals surface area contributed by atoms with E-state index in [-0.39, 0.29) is 43.2 Å². The molecule has 1 atom stereocenters. The van der Waals surface area contributed by atoms with Gasteiger partial charge in [-0.25, -0.2) is 4.99 Å². The number of rotatable bonds is 8. The third-order valence-corrected chi connectivity index (χ3v) is 4.34. The molecule has 0 radical (unpaired) electrons. The van der Waals surface area contributed by atoms with Gasteiger partial charge in [0.15, 0.2) is 5.96 Å². The number of aliphatic imine (C=N–C) groups is 1. The lowest BCUT2D eigenvalue weighted by Crippen LogP contribution is -2.45. The van der Waals surface area contributed by atoms with E-state index in [0.717, 1.165) is 5.56 Å². The van der Waals surface area contributed by atoms with Crippen LogP contribution in [-0.4, -0.2) is 62.0 Å². The van der Waals surface area contributed by atoms with Crippen molar-refractivity contribution in [3.8, 4) is 0 Å². The van der Waals surface area contributed by atoms with Crippen LogP contribution >= 0.6 is 24.0 Å². The average molecular weight is 568 g/mol. The van der Waals surface area contributed by atoms with Gasteiger partial charge >= 0.3 is 12.4 Å². The van der Waals surface area contributed by atoms with Crippen molar-refractivity contribution >= 4 is 29.9 Å². The van der Waals surface area contributed by atoms with Gasteiger partial charge in [-0.1, -0.05) is 24.3 Å². The molecule has 1 saturated heterocycles. The quantitative estimate of drug-likeness (QED) is 0.215. The number of alkyl halides is 6. The van der Waals surface area contributed by atoms with Gasteiger partial charge in [-0.2, -0.15) is 26.3 Å². The van der Waals surface area contributed by atoms with Gasteiger partial charge in [0.25, 0.3) is 0 Å². The first-order valence-corrected chi connectivity index (χ1v) is 9.60. The lowest BCUT2D eigenvalue weighted by atomic mass is 10.1. The number of hydrogen-bond donors (Lipinski definition) is 2. The highest BCUT2D eigenvalue weighted by Crippen LogP contribution is 2.20. The highest BCUT2D eigenvalue weighted by Gasteiger charge is 2.34. The molecule has 1 aliphatic heterocycles. The molecule has 0 saturated carbocycles. The van der Waals surface area contributed by atoms with Gasteiger partial charge in [0.2, 0.25) is 0 Å². The summed E-state index contributed by atoms with van der Waals surface area (Å²) in [5, 5.41) is 6.23. The summed E-state index contributed by atoms with van der Waals surface area (Å²) in [4.78, 5) is 5.81. The molecular weight excluding hydrogens is 541 g/mol. The number of halogens is 7. The largest absolute Gasteiger partial charge is 0.411 e. The van der Waals surface area contributed by atoms with Gasteiger partial charge in [-0.15, -0.1) is 24.0 Å². The van der Waals surface area contributed by atoms with Crippen molar-refractivity contribution < 1.29 is 31.1 Å². The highest BCUT2D eigenvalue weighted by molar-refractivity contribution is 14.0. The molecule has 178 valence electrons. The van der Waals surface area contributed by atoms with E-state index in [1.54, 1.807) is 24.3 Å². The summed E-state index contributed by atoms with van der Waals surface area (Å²) in [6.07, 6.45) is -7.97. The van der Waals surface area contributed by atoms with Crippen molar-refractivity contribution in [1.82, 2.24) is 15.5 Å². The van der Waals surface area contributed by atoms with Gasteiger partial charge < -0.3 is 15.4 Å². The molecule has 1 heterocycles. The number of likely N-dealkylation sites (tertiary alicyclic amines) is 1. The minimum absolute atomic E-state index is 0. The van der Waals surface area contributed by atoms with Crippen molar-refractivity contribution in [3.63, 3.8) is 0 Å². The average Bonchev–Trinajstić information content (AvgIpc) is 3.05. The van der Waals surface area contributed by atoms with Crippen LogP contribution in [0.15, 0.2) is 29.3 Å². The van der Waals surface area contributed by atoms with Crippen molar-refractivity contribution in [2.24, 2.45) is 4.99 Å². The van der Waals surface area contributed by atoms with Crippen LogP contribution in [0.2, 0.25) is 0 Å². The normalized spacial score (nSPS) is 18.0. The summed E-state index contributed by atoms with van der Waals surface area (Å²) < 4.78 is 78.5. The van der Waals surface area contributed by atoms with E-state index in [1.165, 1.54) is 4.90 Å². The van der Waals surface area contributed by atoms with Gasteiger partial charge in [0, 0.05) is 25.7 Å². The third-order valence-electron chi connectivity index (χ3n) is 4.34. The molecule has 0 bridgehead atoms. The first kappa shape index (κ1) is 27.8. The van der Waals surface area contributed by atoms with Crippen molar-refractivity contribution in [1.29, 1.82) is 0 Å². The zero-order valence-electron chi connectivity index (χ0n) is 17.0. The van der Waals surface area contributed by atoms with Crippen molar-refractivity contribution in [2.75, 3.05) is 32.8 Å². The van der Waals surface area contributed by atoms with Gasteiger partial charge in [0.05, 0.1) is 19.7 Å². The molecule has 2 rings (SSSR count). The predicted octanol–water partition coefficient (Wildman–Crippen LogP) is 4.08. The monoisotopic (exact) mass is 568 g/mol. The van der Waals surface area contributed by atoms with Crippen LogP contribution in [0.1, 0.15) is 24.5 Å². The van der Waals surface area contributed by atoms with E-state index < -0.39 is 25.5 Å². The molecule has 1 aromatic rings. The lowest BCUT2D eigenvalue weighted by Gasteiger charge is -2.19. The summed E-state index contributed by atoms with van der Waals surface area (Å²) in [6, 6.07) is 6.72. The lowest BCUT2D eigenvalue weighted by molar-refractivity contribution is -0.176. The molecule has 0 amide bonds. The standard InChI is InChI=1S/C19H26F6N4O.HI/c1-2-26-17(28-16-7-8-29(10-16)12-18(20,21)22)27-9-14-3-5-15(6-4-14)11-30-13-19(23,24)25;/h3-6,16H,2,7-13H2,1H3,(H2,26,27,28);1H. The Morgan fingerprint density at radius 1 is 1.10 bits per heavy atom. The Labute approximate surface area is 194 Å². The number of hydrogen-bond acceptors (Lipinski definition) is 3. The second-order valence-corrected chi connectivity index (χ2v) is 7.10. The Kier molecular flexibility index (Phi) is 11.4. The molecule has 5 nitrogen and oxygen atoms in total. The number of nitrogens with zero attached hydrogens (tertiary/aromatic N) is 2. The Bertz CT molecular complexity index is 681. The van der Waals surface area contributed by atoms with Gasteiger partial charge in [-0.3, -0.25) is 4.90 Å². The van der Waals surface area contributed by atoms with E-state index in [0.29, 0.717) is 37.6 Å². The fraction of sp³-hybridized carbons (Fsp3) is 0.632. The maximum atomic E-state index is 12.5. The minimum atomic E-state index is -4.35. The van der Waals surface area contributed by atoms with E-state index in [2.05, 4.69) is 20.4 Å². The third kappa shape index (κ3) is 11.8. The van der Waals surface area contributed by atoms with Crippen LogP contribution in [-0.2, 0) is 17.9 Å². The van der Waals surface area contributed by atoms with Crippen LogP contribution in [0.4, 0.5) is 26.3 Å². The molecule has 0 spiro atoms. The van der Waals surface area contributed by atoms with Crippen LogP contribution in [0.25, 0.3) is 0 Å². The Hall–Kier alpha value is -1.28. The molecule has 1 fully saturated rings. The van der Waals surface area contributed by atoms with Gasteiger partial charge in [-0.05, 0) is 24.5 Å². The molecule has 12 heteroatoms. The molecule has 0 aliphatic carbocycles. The Morgan fingerprint density at radius 2 is 1.74 bits per heavy atom. The number of ether oxygens (including phenoxy) is 1. The highest BCUT2D eigenvalue weighted by atomic mass is 127. The fourth-order valence-corrected chi connectivity index (χ4v) is 3.06. The molecule has 0 aromatic heterocycles. The summed E-state index contributed by atoms with van der Waals surface area (Å²) in [7, 11) is 0. The second kappa shape index (κ2) is 12.7. The fourth-order valence-electron chi connectivity index (χ4n) is 3.06. The van der Waals surface area contributed by atoms with Crippen LogP contribution < -0.4 is 10.6 Å². The Morgan fingerprint density at radius 3 is 2.32 bits per heavy atom. The van der Waals surface area contributed by atoms with Gasteiger partial charge in [0.1, 0.15) is 6.61 Å². The van der Waals surface area contributed by atoms with Crippen LogP contribution in [0.5, 0.6) is 0 Å². The minimum Gasteiger partial charge on any atom is -0.367 e. The zero-order valence-corrected chi connectivity index (χ0v) is 19.4.